The lowest BCUT2D eigenvalue weighted by Crippen LogP contribution is -2.37. The van der Waals surface area contributed by atoms with Crippen LogP contribution in [0.2, 0.25) is 0 Å². The maximum Gasteiger partial charge on any atom is 0.276 e. The van der Waals surface area contributed by atoms with Gasteiger partial charge in [-0.15, -0.1) is 10.2 Å². The Morgan fingerprint density at radius 3 is 2.32 bits per heavy atom. The Balaban J connectivity index is 1.35. The Morgan fingerprint density at radius 2 is 1.68 bits per heavy atom. The van der Waals surface area contributed by atoms with Gasteiger partial charge in [0.15, 0.2) is 11.5 Å². The number of aromatic nitrogens is 2. The van der Waals surface area contributed by atoms with Gasteiger partial charge >= 0.3 is 0 Å². The normalized spacial score (nSPS) is 18.2. The van der Waals surface area contributed by atoms with E-state index in [2.05, 4.69) is 44.4 Å². The van der Waals surface area contributed by atoms with Crippen LogP contribution in [0, 0.1) is 5.92 Å². The van der Waals surface area contributed by atoms with Crippen molar-refractivity contribution >= 4 is 23.1 Å². The molecule has 7 nitrogen and oxygen atoms in total. The van der Waals surface area contributed by atoms with Crippen molar-refractivity contribution < 1.29 is 9.53 Å². The molecule has 2 aromatic rings. The maximum atomic E-state index is 12.5. The SMILES string of the molecule is CC1CCN(c2ccc(NC(=O)c3ccc(N4CCOCC4)nn3)cc2)CC1. The van der Waals surface area contributed by atoms with E-state index < -0.39 is 0 Å². The summed E-state index contributed by atoms with van der Waals surface area (Å²) in [4.78, 5) is 17.0. The van der Waals surface area contributed by atoms with E-state index >= 15 is 0 Å². The Hall–Kier alpha value is -2.67. The van der Waals surface area contributed by atoms with Crippen LogP contribution < -0.4 is 15.1 Å². The summed E-state index contributed by atoms with van der Waals surface area (Å²) in [5.74, 6) is 1.34. The van der Waals surface area contributed by atoms with Crippen LogP contribution in [0.3, 0.4) is 0 Å². The fourth-order valence-electron chi connectivity index (χ4n) is 3.62. The Labute approximate surface area is 165 Å². The summed E-state index contributed by atoms with van der Waals surface area (Å²) < 4.78 is 5.34. The van der Waals surface area contributed by atoms with E-state index in [-0.39, 0.29) is 5.91 Å². The Kier molecular flexibility index (Phi) is 5.71. The number of hydrogen-bond donors (Lipinski definition) is 1. The van der Waals surface area contributed by atoms with Gasteiger partial charge in [0.05, 0.1) is 13.2 Å². The number of nitrogens with zero attached hydrogens (tertiary/aromatic N) is 4. The second kappa shape index (κ2) is 8.56. The van der Waals surface area contributed by atoms with Crippen molar-refractivity contribution in [2.24, 2.45) is 5.92 Å². The van der Waals surface area contributed by atoms with Gasteiger partial charge in [-0.25, -0.2) is 0 Å². The van der Waals surface area contributed by atoms with E-state index in [0.29, 0.717) is 18.9 Å². The highest BCUT2D eigenvalue weighted by molar-refractivity contribution is 6.02. The van der Waals surface area contributed by atoms with Crippen LogP contribution in [0.5, 0.6) is 0 Å². The van der Waals surface area contributed by atoms with Crippen LogP contribution in [0.15, 0.2) is 36.4 Å². The van der Waals surface area contributed by atoms with E-state index in [1.807, 2.05) is 18.2 Å². The number of nitrogens with one attached hydrogen (secondary N) is 1. The van der Waals surface area contributed by atoms with E-state index in [9.17, 15) is 4.79 Å². The number of carbonyl (C=O) groups excluding carboxylic acids is 1. The molecule has 0 radical (unpaired) electrons. The molecule has 1 aromatic carbocycles. The van der Waals surface area contributed by atoms with Gasteiger partial charge in [0.25, 0.3) is 5.91 Å². The number of benzene rings is 1. The lowest BCUT2D eigenvalue weighted by molar-refractivity contribution is 0.102. The third kappa shape index (κ3) is 4.42. The topological polar surface area (TPSA) is 70.6 Å². The van der Waals surface area contributed by atoms with E-state index in [1.54, 1.807) is 6.07 Å². The highest BCUT2D eigenvalue weighted by atomic mass is 16.5. The first-order valence-electron chi connectivity index (χ1n) is 10.0. The number of piperidine rings is 1. The molecule has 28 heavy (non-hydrogen) atoms. The van der Waals surface area contributed by atoms with Crippen LogP contribution in [0.4, 0.5) is 17.2 Å². The molecular weight excluding hydrogens is 354 g/mol. The smallest absolute Gasteiger partial charge is 0.276 e. The predicted octanol–water partition coefficient (Wildman–Crippen LogP) is 2.80. The molecule has 3 heterocycles. The molecule has 0 aliphatic carbocycles. The largest absolute Gasteiger partial charge is 0.378 e. The van der Waals surface area contributed by atoms with E-state index in [1.165, 1.54) is 18.5 Å². The highest BCUT2D eigenvalue weighted by Gasteiger charge is 2.17. The molecule has 148 valence electrons. The zero-order valence-corrected chi connectivity index (χ0v) is 16.3. The predicted molar refractivity (Wildman–Crippen MR) is 110 cm³/mol. The lowest BCUT2D eigenvalue weighted by atomic mass is 9.99. The molecule has 2 fully saturated rings. The third-order valence-corrected chi connectivity index (χ3v) is 5.49. The van der Waals surface area contributed by atoms with Gasteiger partial charge < -0.3 is 19.9 Å². The van der Waals surface area contributed by atoms with Gasteiger partial charge in [0.2, 0.25) is 0 Å². The summed E-state index contributed by atoms with van der Waals surface area (Å²) in [5.41, 5.74) is 2.28. The summed E-state index contributed by atoms with van der Waals surface area (Å²) in [7, 11) is 0. The van der Waals surface area contributed by atoms with Gasteiger partial charge in [-0.2, -0.15) is 0 Å². The number of anilines is 3. The molecule has 1 N–H and O–H groups in total. The maximum absolute atomic E-state index is 12.5. The van der Waals surface area contributed by atoms with Crippen molar-refractivity contribution in [1.29, 1.82) is 0 Å². The first-order valence-corrected chi connectivity index (χ1v) is 10.0. The monoisotopic (exact) mass is 381 g/mol. The number of amides is 1. The summed E-state index contributed by atoms with van der Waals surface area (Å²) >= 11 is 0. The van der Waals surface area contributed by atoms with Gasteiger partial charge in [-0.05, 0) is 55.2 Å². The fourth-order valence-corrected chi connectivity index (χ4v) is 3.62. The molecule has 2 aliphatic rings. The minimum absolute atomic E-state index is 0.249. The summed E-state index contributed by atoms with van der Waals surface area (Å²) in [6.07, 6.45) is 2.47. The van der Waals surface area contributed by atoms with Gasteiger partial charge in [-0.3, -0.25) is 4.79 Å². The quantitative estimate of drug-likeness (QED) is 0.878. The van der Waals surface area contributed by atoms with Crippen LogP contribution in [-0.4, -0.2) is 55.5 Å². The zero-order valence-electron chi connectivity index (χ0n) is 16.3. The average Bonchev–Trinajstić information content (AvgIpc) is 2.76. The van der Waals surface area contributed by atoms with Crippen LogP contribution in [0.1, 0.15) is 30.3 Å². The molecule has 1 amide bonds. The fraction of sp³-hybridized carbons (Fsp3) is 0.476. The molecule has 2 saturated heterocycles. The molecule has 4 rings (SSSR count). The molecule has 1 aromatic heterocycles. The first kappa shape index (κ1) is 18.7. The van der Waals surface area contributed by atoms with Gasteiger partial charge in [0.1, 0.15) is 0 Å². The second-order valence-electron chi connectivity index (χ2n) is 7.55. The van der Waals surface area contributed by atoms with Crippen LogP contribution in [0.25, 0.3) is 0 Å². The number of carbonyl (C=O) groups is 1. The zero-order chi connectivity index (χ0) is 19.3. The van der Waals surface area contributed by atoms with Crippen molar-refractivity contribution in [2.75, 3.05) is 54.5 Å². The molecule has 0 atom stereocenters. The van der Waals surface area contributed by atoms with Crippen molar-refractivity contribution in [3.05, 3.63) is 42.1 Å². The molecule has 7 heteroatoms. The first-order chi connectivity index (χ1) is 13.7. The molecule has 0 unspecified atom stereocenters. The highest BCUT2D eigenvalue weighted by Crippen LogP contribution is 2.24. The Morgan fingerprint density at radius 1 is 0.964 bits per heavy atom. The minimum atomic E-state index is -0.249. The van der Waals surface area contributed by atoms with Crippen molar-refractivity contribution in [1.82, 2.24) is 10.2 Å². The van der Waals surface area contributed by atoms with Gasteiger partial charge in [0, 0.05) is 37.6 Å². The van der Waals surface area contributed by atoms with E-state index in [4.69, 9.17) is 4.74 Å². The van der Waals surface area contributed by atoms with Crippen LogP contribution >= 0.6 is 0 Å². The molecular formula is C21H27N5O2. The second-order valence-corrected chi connectivity index (χ2v) is 7.55. The molecule has 0 spiro atoms. The molecule has 2 aliphatic heterocycles. The number of ether oxygens (including phenoxy) is 1. The van der Waals surface area contributed by atoms with Crippen LogP contribution in [-0.2, 0) is 4.74 Å². The summed E-state index contributed by atoms with van der Waals surface area (Å²) in [6.45, 7) is 7.47. The van der Waals surface area contributed by atoms with Gasteiger partial charge in [-0.1, -0.05) is 6.92 Å². The Bertz CT molecular complexity index is 779. The minimum Gasteiger partial charge on any atom is -0.378 e. The number of rotatable bonds is 4. The number of hydrogen-bond acceptors (Lipinski definition) is 6. The molecule has 0 bridgehead atoms. The summed E-state index contributed by atoms with van der Waals surface area (Å²) in [5, 5.41) is 11.2. The number of morpholine rings is 1. The van der Waals surface area contributed by atoms with Crippen molar-refractivity contribution in [2.45, 2.75) is 19.8 Å². The van der Waals surface area contributed by atoms with E-state index in [0.717, 1.165) is 43.6 Å². The van der Waals surface area contributed by atoms with Crippen molar-refractivity contribution in [3.8, 4) is 0 Å². The third-order valence-electron chi connectivity index (χ3n) is 5.49. The summed E-state index contributed by atoms with van der Waals surface area (Å²) in [6, 6.07) is 11.6. The van der Waals surface area contributed by atoms with Crippen molar-refractivity contribution in [3.63, 3.8) is 0 Å². The average molecular weight is 381 g/mol. The standard InChI is InChI=1S/C21H27N5O2/c1-16-8-10-25(11-9-16)18-4-2-17(3-5-18)22-21(27)19-6-7-20(24-23-19)26-12-14-28-15-13-26/h2-7,16H,8-15H2,1H3,(H,22,27). The lowest BCUT2D eigenvalue weighted by Gasteiger charge is -2.32. The molecule has 0 saturated carbocycles.